The lowest BCUT2D eigenvalue weighted by Gasteiger charge is -2.35. The van der Waals surface area contributed by atoms with Crippen molar-refractivity contribution in [3.05, 3.63) is 29.3 Å². The molecule has 0 aromatic heterocycles. The van der Waals surface area contributed by atoms with Gasteiger partial charge in [-0.3, -0.25) is 14.4 Å². The number of aliphatic hydroxyl groups excluding tert-OH is 1. The summed E-state index contributed by atoms with van der Waals surface area (Å²) < 4.78 is 6.40. The number of carbonyl (C=O) groups excluding carboxylic acids is 3. The van der Waals surface area contributed by atoms with Crippen LogP contribution in [-0.2, 0) is 27.2 Å². The van der Waals surface area contributed by atoms with Gasteiger partial charge in [-0.15, -0.1) is 0 Å². The summed E-state index contributed by atoms with van der Waals surface area (Å²) in [5.74, 6) is -0.230. The number of benzene rings is 1. The maximum absolute atomic E-state index is 13.5. The number of aryl methyl sites for hydroxylation is 2. The highest BCUT2D eigenvalue weighted by molar-refractivity contribution is 5.92. The first kappa shape index (κ1) is 26.9. The van der Waals surface area contributed by atoms with E-state index in [0.717, 1.165) is 43.4 Å². The third-order valence-corrected chi connectivity index (χ3v) is 7.10. The lowest BCUT2D eigenvalue weighted by molar-refractivity contribution is -0.145. The minimum atomic E-state index is -1.11. The molecular weight excluding hydrogens is 448 g/mol. The van der Waals surface area contributed by atoms with Gasteiger partial charge in [0.15, 0.2) is 0 Å². The number of fused-ring (bicyclic) bond motifs is 1. The van der Waals surface area contributed by atoms with Gasteiger partial charge in [-0.2, -0.15) is 0 Å². The highest BCUT2D eigenvalue weighted by Gasteiger charge is 2.36. The first-order chi connectivity index (χ1) is 16.7. The minimum absolute atomic E-state index is 0.00507. The highest BCUT2D eigenvalue weighted by atomic mass is 16.5. The molecule has 5 atom stereocenters. The van der Waals surface area contributed by atoms with E-state index < -0.39 is 24.1 Å². The summed E-state index contributed by atoms with van der Waals surface area (Å²) in [5.41, 5.74) is 2.30. The number of ether oxygens (including phenoxy) is 1. The molecule has 0 spiro atoms. The zero-order chi connectivity index (χ0) is 25.5. The molecule has 1 aromatic rings. The SMILES string of the molecule is CCC(C)C1NCC2CCc3cccc(c3O2)CCCNC(=O)CNC(=O)C(C(C)O)N(C)C1=O. The molecule has 0 saturated carbocycles. The molecule has 2 aliphatic heterocycles. The number of carbonyl (C=O) groups is 3. The summed E-state index contributed by atoms with van der Waals surface area (Å²) >= 11 is 0. The molecule has 194 valence electrons. The molecule has 2 bridgehead atoms. The molecule has 3 amide bonds. The predicted molar refractivity (Wildman–Crippen MR) is 133 cm³/mol. The molecule has 0 fully saturated rings. The second-order valence-corrected chi connectivity index (χ2v) is 9.76. The molecule has 3 rings (SSSR count). The monoisotopic (exact) mass is 488 g/mol. The second kappa shape index (κ2) is 12.4. The molecule has 9 nitrogen and oxygen atoms in total. The molecule has 1 aromatic carbocycles. The Kier molecular flexibility index (Phi) is 9.51. The molecular formula is C26H40N4O5. The van der Waals surface area contributed by atoms with E-state index in [-0.39, 0.29) is 30.4 Å². The molecule has 0 aliphatic carbocycles. The predicted octanol–water partition coefficient (Wildman–Crippen LogP) is 0.771. The minimum Gasteiger partial charge on any atom is -0.489 e. The van der Waals surface area contributed by atoms with Gasteiger partial charge >= 0.3 is 0 Å². The van der Waals surface area contributed by atoms with Crippen LogP contribution in [0.3, 0.4) is 0 Å². The second-order valence-electron chi connectivity index (χ2n) is 9.76. The van der Waals surface area contributed by atoms with Crippen LogP contribution in [0.15, 0.2) is 18.2 Å². The number of nitrogens with zero attached hydrogens (tertiary/aromatic N) is 1. The van der Waals surface area contributed by atoms with Gasteiger partial charge in [0.05, 0.1) is 18.7 Å². The van der Waals surface area contributed by atoms with Crippen LogP contribution in [0, 0.1) is 5.92 Å². The smallest absolute Gasteiger partial charge is 0.245 e. The van der Waals surface area contributed by atoms with Crippen LogP contribution in [0.2, 0.25) is 0 Å². The summed E-state index contributed by atoms with van der Waals surface area (Å²) in [6.45, 7) is 6.23. The van der Waals surface area contributed by atoms with Crippen LogP contribution in [0.4, 0.5) is 0 Å². The molecule has 4 N–H and O–H groups in total. The van der Waals surface area contributed by atoms with Crippen LogP contribution in [0.1, 0.15) is 51.2 Å². The Hall–Kier alpha value is -2.65. The molecule has 2 aliphatic rings. The number of likely N-dealkylation sites (N-methyl/N-ethyl adjacent to an activating group) is 1. The van der Waals surface area contributed by atoms with E-state index in [2.05, 4.69) is 28.1 Å². The fourth-order valence-electron chi connectivity index (χ4n) is 4.81. The quantitative estimate of drug-likeness (QED) is 0.499. The number of hydrogen-bond donors (Lipinski definition) is 4. The maximum atomic E-state index is 13.5. The summed E-state index contributed by atoms with van der Waals surface area (Å²) in [5, 5.41) is 19.1. The first-order valence-electron chi connectivity index (χ1n) is 12.7. The van der Waals surface area contributed by atoms with E-state index in [0.29, 0.717) is 13.1 Å². The van der Waals surface area contributed by atoms with Gasteiger partial charge in [-0.05, 0) is 49.7 Å². The summed E-state index contributed by atoms with van der Waals surface area (Å²) in [4.78, 5) is 39.9. The van der Waals surface area contributed by atoms with Crippen molar-refractivity contribution in [3.63, 3.8) is 0 Å². The number of nitrogens with one attached hydrogen (secondary N) is 3. The highest BCUT2D eigenvalue weighted by Crippen LogP contribution is 2.32. The van der Waals surface area contributed by atoms with E-state index in [1.165, 1.54) is 24.4 Å². The largest absolute Gasteiger partial charge is 0.489 e. The van der Waals surface area contributed by atoms with E-state index in [9.17, 15) is 19.5 Å². The van der Waals surface area contributed by atoms with Gasteiger partial charge < -0.3 is 30.7 Å². The Labute approximate surface area is 208 Å². The molecule has 2 heterocycles. The van der Waals surface area contributed by atoms with Crippen molar-refractivity contribution in [3.8, 4) is 5.75 Å². The van der Waals surface area contributed by atoms with Gasteiger partial charge in [0.25, 0.3) is 0 Å². The standard InChI is InChI=1S/C26H40N4O5/c1-5-16(2)22-26(34)30(4)23(17(3)31)25(33)29-15-21(32)27-13-7-10-18-8-6-9-19-11-12-20(14-28-22)35-24(18)19/h6,8-9,16-17,20,22-23,28,31H,5,7,10-15H2,1-4H3,(H,27,32)(H,29,33). The Bertz CT molecular complexity index is 906. The normalized spacial score (nSPS) is 26.5. The lowest BCUT2D eigenvalue weighted by atomic mass is 9.95. The van der Waals surface area contributed by atoms with E-state index in [1.54, 1.807) is 0 Å². The Balaban J connectivity index is 1.87. The fourth-order valence-corrected chi connectivity index (χ4v) is 4.81. The molecule has 0 radical (unpaired) electrons. The summed E-state index contributed by atoms with van der Waals surface area (Å²) in [7, 11) is 1.52. The van der Waals surface area contributed by atoms with Crippen molar-refractivity contribution in [2.45, 2.75) is 77.2 Å². The Morgan fingerprint density at radius 1 is 1.14 bits per heavy atom. The molecule has 5 unspecified atom stereocenters. The topological polar surface area (TPSA) is 120 Å². The van der Waals surface area contributed by atoms with Crippen LogP contribution >= 0.6 is 0 Å². The zero-order valence-electron chi connectivity index (χ0n) is 21.3. The third kappa shape index (κ3) is 6.73. The van der Waals surface area contributed by atoms with Crippen LogP contribution in [0.25, 0.3) is 0 Å². The van der Waals surface area contributed by atoms with Gasteiger partial charge in [0.2, 0.25) is 17.7 Å². The van der Waals surface area contributed by atoms with Crippen molar-refractivity contribution in [1.29, 1.82) is 0 Å². The molecule has 9 heteroatoms. The van der Waals surface area contributed by atoms with E-state index in [4.69, 9.17) is 4.74 Å². The maximum Gasteiger partial charge on any atom is 0.245 e. The molecule has 0 saturated heterocycles. The van der Waals surface area contributed by atoms with Crippen LogP contribution in [-0.4, -0.2) is 78.7 Å². The Morgan fingerprint density at radius 3 is 2.54 bits per heavy atom. The number of para-hydroxylation sites is 1. The fraction of sp³-hybridized carbons (Fsp3) is 0.654. The van der Waals surface area contributed by atoms with Crippen molar-refractivity contribution in [2.24, 2.45) is 5.92 Å². The van der Waals surface area contributed by atoms with Gasteiger partial charge in [0, 0.05) is 20.1 Å². The first-order valence-corrected chi connectivity index (χ1v) is 12.7. The summed E-state index contributed by atoms with van der Waals surface area (Å²) in [6.07, 6.45) is 2.83. The van der Waals surface area contributed by atoms with Crippen molar-refractivity contribution < 1.29 is 24.2 Å². The van der Waals surface area contributed by atoms with Crippen molar-refractivity contribution in [1.82, 2.24) is 20.9 Å². The average molecular weight is 489 g/mol. The van der Waals surface area contributed by atoms with Crippen molar-refractivity contribution >= 4 is 17.7 Å². The van der Waals surface area contributed by atoms with Crippen LogP contribution < -0.4 is 20.7 Å². The van der Waals surface area contributed by atoms with E-state index in [1.807, 2.05) is 19.9 Å². The summed E-state index contributed by atoms with van der Waals surface area (Å²) in [6, 6.07) is 4.55. The molecule has 35 heavy (non-hydrogen) atoms. The number of aliphatic hydroxyl groups is 1. The van der Waals surface area contributed by atoms with Crippen molar-refractivity contribution in [2.75, 3.05) is 26.7 Å². The number of amides is 3. The third-order valence-electron chi connectivity index (χ3n) is 7.10. The average Bonchev–Trinajstić information content (AvgIpc) is 2.84. The lowest BCUT2D eigenvalue weighted by Crippen LogP contribution is -2.59. The number of hydrogen-bond acceptors (Lipinski definition) is 6. The zero-order valence-corrected chi connectivity index (χ0v) is 21.3. The van der Waals surface area contributed by atoms with E-state index >= 15 is 0 Å². The van der Waals surface area contributed by atoms with Gasteiger partial charge in [-0.25, -0.2) is 0 Å². The van der Waals surface area contributed by atoms with Crippen LogP contribution in [0.5, 0.6) is 5.75 Å². The van der Waals surface area contributed by atoms with Gasteiger partial charge in [0.1, 0.15) is 17.9 Å². The number of rotatable bonds is 3. The van der Waals surface area contributed by atoms with Gasteiger partial charge in [-0.1, -0.05) is 38.5 Å². The Morgan fingerprint density at radius 2 is 1.86 bits per heavy atom.